The highest BCUT2D eigenvalue weighted by atomic mass is 35.5. The molecule has 0 atom stereocenters. The fourth-order valence-electron chi connectivity index (χ4n) is 3.36. The Hall–Kier alpha value is -3.70. The molecule has 1 N–H and O–H groups in total. The SMILES string of the molecule is COc1ccc2nc(C)c(C(=O)Nc3ccc(Cl)cc3C(=O)c3ccccc3)cc2c1. The Morgan fingerprint density at radius 3 is 2.45 bits per heavy atom. The molecule has 1 aromatic heterocycles. The van der Waals surface area contributed by atoms with Crippen molar-refractivity contribution in [1.29, 1.82) is 0 Å². The van der Waals surface area contributed by atoms with Gasteiger partial charge in [-0.3, -0.25) is 14.6 Å². The average molecular weight is 431 g/mol. The lowest BCUT2D eigenvalue weighted by Gasteiger charge is -2.13. The smallest absolute Gasteiger partial charge is 0.257 e. The van der Waals surface area contributed by atoms with Crippen molar-refractivity contribution < 1.29 is 14.3 Å². The van der Waals surface area contributed by atoms with Crippen molar-refractivity contribution in [2.75, 3.05) is 12.4 Å². The molecule has 4 rings (SSSR count). The molecular formula is C25H19ClN2O3. The number of ketones is 1. The second kappa shape index (κ2) is 8.58. The molecular weight excluding hydrogens is 412 g/mol. The van der Waals surface area contributed by atoms with Crippen molar-refractivity contribution >= 4 is 39.9 Å². The van der Waals surface area contributed by atoms with E-state index in [1.165, 1.54) is 0 Å². The van der Waals surface area contributed by atoms with Gasteiger partial charge >= 0.3 is 0 Å². The van der Waals surface area contributed by atoms with E-state index in [0.29, 0.717) is 38.8 Å². The molecule has 1 heterocycles. The molecule has 1 amide bonds. The Morgan fingerprint density at radius 2 is 1.71 bits per heavy atom. The molecule has 31 heavy (non-hydrogen) atoms. The predicted octanol–water partition coefficient (Wildman–Crippen LogP) is 5.69. The number of methoxy groups -OCH3 is 1. The Balaban J connectivity index is 1.71. The van der Waals surface area contributed by atoms with Crippen LogP contribution in [0.4, 0.5) is 5.69 Å². The lowest BCUT2D eigenvalue weighted by molar-refractivity contribution is 0.102. The monoisotopic (exact) mass is 430 g/mol. The molecule has 0 fully saturated rings. The van der Waals surface area contributed by atoms with E-state index >= 15 is 0 Å². The summed E-state index contributed by atoms with van der Waals surface area (Å²) >= 11 is 6.13. The van der Waals surface area contributed by atoms with Gasteiger partial charge in [0.1, 0.15) is 5.75 Å². The maximum Gasteiger partial charge on any atom is 0.257 e. The van der Waals surface area contributed by atoms with Gasteiger partial charge in [-0.1, -0.05) is 41.9 Å². The van der Waals surface area contributed by atoms with Crippen LogP contribution in [0.2, 0.25) is 5.02 Å². The fourth-order valence-corrected chi connectivity index (χ4v) is 3.53. The molecule has 5 nitrogen and oxygen atoms in total. The number of benzene rings is 3. The lowest BCUT2D eigenvalue weighted by atomic mass is 10.0. The molecule has 0 saturated heterocycles. The van der Waals surface area contributed by atoms with Gasteiger partial charge in [0, 0.05) is 21.5 Å². The summed E-state index contributed by atoms with van der Waals surface area (Å²) in [6, 6.07) is 20.9. The summed E-state index contributed by atoms with van der Waals surface area (Å²) in [5.74, 6) is 0.0913. The maximum atomic E-state index is 13.1. The molecule has 0 bridgehead atoms. The van der Waals surface area contributed by atoms with Crippen molar-refractivity contribution in [1.82, 2.24) is 4.98 Å². The van der Waals surface area contributed by atoms with E-state index in [1.807, 2.05) is 24.3 Å². The minimum absolute atomic E-state index is 0.225. The molecule has 154 valence electrons. The number of nitrogens with one attached hydrogen (secondary N) is 1. The number of carbonyl (C=O) groups excluding carboxylic acids is 2. The maximum absolute atomic E-state index is 13.1. The zero-order valence-corrected chi connectivity index (χ0v) is 17.7. The fraction of sp³-hybridized carbons (Fsp3) is 0.0800. The summed E-state index contributed by atoms with van der Waals surface area (Å²) in [4.78, 5) is 30.6. The highest BCUT2D eigenvalue weighted by Crippen LogP contribution is 2.26. The van der Waals surface area contributed by atoms with Gasteiger partial charge in [0.2, 0.25) is 0 Å². The number of hydrogen-bond acceptors (Lipinski definition) is 4. The van der Waals surface area contributed by atoms with Gasteiger partial charge < -0.3 is 10.1 Å². The first-order valence-corrected chi connectivity index (χ1v) is 10.00. The van der Waals surface area contributed by atoms with Gasteiger partial charge in [-0.15, -0.1) is 0 Å². The molecule has 0 spiro atoms. The van der Waals surface area contributed by atoms with Crippen LogP contribution in [0, 0.1) is 6.92 Å². The van der Waals surface area contributed by atoms with Crippen LogP contribution in [0.5, 0.6) is 5.75 Å². The van der Waals surface area contributed by atoms with Crippen molar-refractivity contribution in [3.63, 3.8) is 0 Å². The Morgan fingerprint density at radius 1 is 0.935 bits per heavy atom. The lowest BCUT2D eigenvalue weighted by Crippen LogP contribution is -2.17. The topological polar surface area (TPSA) is 68.3 Å². The molecule has 0 unspecified atom stereocenters. The molecule has 0 saturated carbocycles. The third kappa shape index (κ3) is 4.27. The quantitative estimate of drug-likeness (QED) is 0.413. The van der Waals surface area contributed by atoms with Crippen LogP contribution in [-0.2, 0) is 0 Å². The second-order valence-corrected chi connectivity index (χ2v) is 7.46. The van der Waals surface area contributed by atoms with E-state index in [9.17, 15) is 9.59 Å². The number of amides is 1. The summed E-state index contributed by atoms with van der Waals surface area (Å²) < 4.78 is 5.27. The normalized spacial score (nSPS) is 10.7. The van der Waals surface area contributed by atoms with Crippen molar-refractivity contribution in [3.8, 4) is 5.75 Å². The number of rotatable bonds is 5. The van der Waals surface area contributed by atoms with E-state index < -0.39 is 0 Å². The Bertz CT molecular complexity index is 1300. The molecule has 0 aliphatic heterocycles. The number of anilines is 1. The van der Waals surface area contributed by atoms with Crippen LogP contribution in [0.15, 0.2) is 72.8 Å². The number of aryl methyl sites for hydroxylation is 1. The van der Waals surface area contributed by atoms with E-state index in [2.05, 4.69) is 10.3 Å². The molecule has 0 aliphatic carbocycles. The third-order valence-corrected chi connectivity index (χ3v) is 5.20. The van der Waals surface area contributed by atoms with Gasteiger partial charge in [-0.25, -0.2) is 0 Å². The average Bonchev–Trinajstić information content (AvgIpc) is 2.79. The number of nitrogens with zero attached hydrogens (tertiary/aromatic N) is 1. The first-order valence-electron chi connectivity index (χ1n) is 9.62. The van der Waals surface area contributed by atoms with Crippen LogP contribution in [0.3, 0.4) is 0 Å². The van der Waals surface area contributed by atoms with E-state index in [4.69, 9.17) is 16.3 Å². The third-order valence-electron chi connectivity index (χ3n) is 4.97. The number of hydrogen-bond donors (Lipinski definition) is 1. The summed E-state index contributed by atoms with van der Waals surface area (Å²) in [5.41, 5.74) is 2.97. The van der Waals surface area contributed by atoms with E-state index in [-0.39, 0.29) is 11.7 Å². The van der Waals surface area contributed by atoms with Crippen molar-refractivity contribution in [3.05, 3.63) is 100 Å². The Kier molecular flexibility index (Phi) is 5.69. The highest BCUT2D eigenvalue weighted by molar-refractivity contribution is 6.31. The van der Waals surface area contributed by atoms with Gasteiger partial charge in [-0.2, -0.15) is 0 Å². The number of pyridine rings is 1. The largest absolute Gasteiger partial charge is 0.497 e. The summed E-state index contributed by atoms with van der Waals surface area (Å²) in [6.07, 6.45) is 0. The van der Waals surface area contributed by atoms with E-state index in [0.717, 1.165) is 10.9 Å². The zero-order chi connectivity index (χ0) is 22.0. The van der Waals surface area contributed by atoms with Crippen molar-refractivity contribution in [2.45, 2.75) is 6.92 Å². The molecule has 0 radical (unpaired) electrons. The zero-order valence-electron chi connectivity index (χ0n) is 17.0. The number of fused-ring (bicyclic) bond motifs is 1. The highest BCUT2D eigenvalue weighted by Gasteiger charge is 2.18. The van der Waals surface area contributed by atoms with Crippen LogP contribution >= 0.6 is 11.6 Å². The summed E-state index contributed by atoms with van der Waals surface area (Å²) in [5, 5.41) is 4.04. The van der Waals surface area contributed by atoms with Crippen LogP contribution in [0.25, 0.3) is 10.9 Å². The summed E-state index contributed by atoms with van der Waals surface area (Å²) in [6.45, 7) is 1.77. The molecule has 0 aliphatic rings. The minimum Gasteiger partial charge on any atom is -0.497 e. The first kappa shape index (κ1) is 20.6. The van der Waals surface area contributed by atoms with Gasteiger partial charge in [0.15, 0.2) is 5.78 Å². The number of halogens is 1. The number of ether oxygens (including phenoxy) is 1. The predicted molar refractivity (Wildman–Crippen MR) is 122 cm³/mol. The Labute approximate surface area is 184 Å². The number of carbonyl (C=O) groups is 2. The van der Waals surface area contributed by atoms with Gasteiger partial charge in [0.25, 0.3) is 5.91 Å². The number of aromatic nitrogens is 1. The van der Waals surface area contributed by atoms with Crippen LogP contribution in [-0.4, -0.2) is 23.8 Å². The second-order valence-electron chi connectivity index (χ2n) is 7.02. The van der Waals surface area contributed by atoms with Gasteiger partial charge in [0.05, 0.1) is 29.6 Å². The molecule has 4 aromatic rings. The van der Waals surface area contributed by atoms with Crippen LogP contribution in [0.1, 0.15) is 32.0 Å². The summed E-state index contributed by atoms with van der Waals surface area (Å²) in [7, 11) is 1.59. The molecule has 3 aromatic carbocycles. The van der Waals surface area contributed by atoms with E-state index in [1.54, 1.807) is 62.6 Å². The minimum atomic E-state index is -0.362. The van der Waals surface area contributed by atoms with Gasteiger partial charge in [-0.05, 0) is 49.4 Å². The standard InChI is InChI=1S/C25H19ClN2O3/c1-15-20(13-17-12-19(31-2)9-11-22(17)27-15)25(30)28-23-10-8-18(26)14-21(23)24(29)16-6-4-3-5-7-16/h3-14H,1-2H3,(H,28,30). The van der Waals surface area contributed by atoms with Crippen LogP contribution < -0.4 is 10.1 Å². The van der Waals surface area contributed by atoms with Crippen molar-refractivity contribution in [2.24, 2.45) is 0 Å². The first-order chi connectivity index (χ1) is 15.0. The molecule has 6 heteroatoms.